The van der Waals surface area contributed by atoms with E-state index in [1.807, 2.05) is 31.2 Å². The molecule has 1 aliphatic rings. The number of hydrogen-bond donors (Lipinski definition) is 2. The molecule has 4 aromatic rings. The number of nitrogens with one attached hydrogen (secondary N) is 2. The van der Waals surface area contributed by atoms with Gasteiger partial charge in [-0.1, -0.05) is 47.2 Å². The number of amides is 2. The van der Waals surface area contributed by atoms with Gasteiger partial charge in [0.05, 0.1) is 32.6 Å². The molecular formula is C26H19ClN4O2S. The summed E-state index contributed by atoms with van der Waals surface area (Å²) in [5.74, 6) is -0.285. The van der Waals surface area contributed by atoms with Crippen LogP contribution in [0.5, 0.6) is 0 Å². The van der Waals surface area contributed by atoms with Crippen LogP contribution in [0.2, 0.25) is 5.02 Å². The third kappa shape index (κ3) is 4.38. The first-order valence-corrected chi connectivity index (χ1v) is 11.9. The highest BCUT2D eigenvalue weighted by Crippen LogP contribution is 2.48. The molecule has 2 atom stereocenters. The van der Waals surface area contributed by atoms with Gasteiger partial charge in [0.2, 0.25) is 5.91 Å². The van der Waals surface area contributed by atoms with Crippen LogP contribution in [-0.4, -0.2) is 16.8 Å². The summed E-state index contributed by atoms with van der Waals surface area (Å²) in [6.45, 7) is 1.88. The zero-order valence-electron chi connectivity index (χ0n) is 18.1. The third-order valence-electron chi connectivity index (χ3n) is 5.94. The lowest BCUT2D eigenvalue weighted by molar-refractivity contribution is -0.117. The van der Waals surface area contributed by atoms with Gasteiger partial charge in [0.1, 0.15) is 0 Å². The molecule has 0 spiro atoms. The van der Waals surface area contributed by atoms with Crippen LogP contribution >= 0.6 is 22.9 Å². The predicted molar refractivity (Wildman–Crippen MR) is 134 cm³/mol. The number of fused-ring (bicyclic) bond motifs is 1. The Balaban J connectivity index is 1.27. The topological polar surface area (TPSA) is 94.9 Å². The molecule has 5 rings (SSSR count). The molecule has 3 aromatic carbocycles. The van der Waals surface area contributed by atoms with Gasteiger partial charge in [-0.3, -0.25) is 9.59 Å². The number of thiazole rings is 1. The summed E-state index contributed by atoms with van der Waals surface area (Å²) in [5, 5.41) is 15.7. The Labute approximate surface area is 205 Å². The Bertz CT molecular complexity index is 1450. The van der Waals surface area contributed by atoms with E-state index < -0.39 is 0 Å². The third-order valence-corrected chi connectivity index (χ3v) is 7.18. The van der Waals surface area contributed by atoms with Gasteiger partial charge in [-0.15, -0.1) is 0 Å². The van der Waals surface area contributed by atoms with E-state index in [-0.39, 0.29) is 23.7 Å². The molecule has 168 valence electrons. The van der Waals surface area contributed by atoms with Crippen LogP contribution < -0.4 is 10.6 Å². The highest BCUT2D eigenvalue weighted by molar-refractivity contribution is 7.22. The van der Waals surface area contributed by atoms with E-state index >= 15 is 0 Å². The molecule has 8 heteroatoms. The van der Waals surface area contributed by atoms with Crippen molar-refractivity contribution < 1.29 is 9.59 Å². The summed E-state index contributed by atoms with van der Waals surface area (Å²) in [6, 6.07) is 20.2. The van der Waals surface area contributed by atoms with Crippen LogP contribution in [0, 0.1) is 24.2 Å². The second kappa shape index (κ2) is 8.90. The van der Waals surface area contributed by atoms with Crippen molar-refractivity contribution in [2.24, 2.45) is 5.92 Å². The molecule has 1 aromatic heterocycles. The van der Waals surface area contributed by atoms with Crippen molar-refractivity contribution in [3.05, 3.63) is 87.9 Å². The van der Waals surface area contributed by atoms with Crippen molar-refractivity contribution in [1.29, 1.82) is 5.26 Å². The molecule has 6 nitrogen and oxygen atoms in total. The highest BCUT2D eigenvalue weighted by atomic mass is 35.5. The Morgan fingerprint density at radius 2 is 1.91 bits per heavy atom. The molecule has 0 unspecified atom stereocenters. The molecule has 2 amide bonds. The Morgan fingerprint density at radius 1 is 1.12 bits per heavy atom. The van der Waals surface area contributed by atoms with E-state index in [9.17, 15) is 9.59 Å². The van der Waals surface area contributed by atoms with Crippen LogP contribution in [0.25, 0.3) is 10.2 Å². The number of nitriles is 1. The predicted octanol–water partition coefficient (Wildman–Crippen LogP) is 6.12. The number of benzene rings is 3. The van der Waals surface area contributed by atoms with Gasteiger partial charge in [0.25, 0.3) is 5.91 Å². The average molecular weight is 487 g/mol. The van der Waals surface area contributed by atoms with Crippen LogP contribution in [0.1, 0.15) is 39.4 Å². The zero-order chi connectivity index (χ0) is 23.8. The zero-order valence-corrected chi connectivity index (χ0v) is 19.7. The maximum absolute atomic E-state index is 12.8. The van der Waals surface area contributed by atoms with E-state index in [1.165, 1.54) is 11.3 Å². The van der Waals surface area contributed by atoms with Crippen LogP contribution in [0.15, 0.2) is 60.7 Å². The van der Waals surface area contributed by atoms with E-state index in [1.54, 1.807) is 36.4 Å². The molecular weight excluding hydrogens is 468 g/mol. The quantitative estimate of drug-likeness (QED) is 0.355. The Kier molecular flexibility index (Phi) is 5.78. The highest BCUT2D eigenvalue weighted by Gasteiger charge is 2.44. The fourth-order valence-electron chi connectivity index (χ4n) is 3.95. The van der Waals surface area contributed by atoms with Crippen molar-refractivity contribution in [2.45, 2.75) is 19.3 Å². The average Bonchev–Trinajstić information content (AvgIpc) is 3.54. The standard InChI is InChI=1S/C26H19ClN4O2S/c1-14-3-2-4-20(27)23(14)30-24(32)17-9-10-21-22(11-17)34-26(29-21)31-25(33)19-12-18(19)16-7-5-15(13-28)6-8-16/h2-11,18-19H,12H2,1H3,(H,30,32)(H,29,31,33)/t18-,19+/m0/s1. The number of aryl methyl sites for hydroxylation is 1. The lowest BCUT2D eigenvalue weighted by Crippen LogP contribution is -2.14. The lowest BCUT2D eigenvalue weighted by Gasteiger charge is -2.10. The van der Waals surface area contributed by atoms with E-state index in [4.69, 9.17) is 16.9 Å². The van der Waals surface area contributed by atoms with Gasteiger partial charge < -0.3 is 10.6 Å². The van der Waals surface area contributed by atoms with Gasteiger partial charge in [-0.05, 0) is 66.8 Å². The molecule has 1 heterocycles. The van der Waals surface area contributed by atoms with Crippen LogP contribution in [-0.2, 0) is 4.79 Å². The minimum Gasteiger partial charge on any atom is -0.320 e. The molecule has 0 bridgehead atoms. The van der Waals surface area contributed by atoms with E-state index in [0.29, 0.717) is 32.5 Å². The number of nitrogens with zero attached hydrogens (tertiary/aromatic N) is 2. The summed E-state index contributed by atoms with van der Waals surface area (Å²) in [6.07, 6.45) is 0.772. The first-order valence-electron chi connectivity index (χ1n) is 10.7. The van der Waals surface area contributed by atoms with Crippen LogP contribution in [0.4, 0.5) is 10.8 Å². The molecule has 2 N–H and O–H groups in total. The van der Waals surface area contributed by atoms with Crippen molar-refractivity contribution in [1.82, 2.24) is 4.98 Å². The van der Waals surface area contributed by atoms with Crippen molar-refractivity contribution in [3.63, 3.8) is 0 Å². The van der Waals surface area contributed by atoms with Gasteiger partial charge in [0.15, 0.2) is 5.13 Å². The van der Waals surface area contributed by atoms with Crippen LogP contribution in [0.3, 0.4) is 0 Å². The van der Waals surface area contributed by atoms with Crippen molar-refractivity contribution >= 4 is 55.8 Å². The fraction of sp³-hybridized carbons (Fsp3) is 0.154. The van der Waals surface area contributed by atoms with E-state index in [2.05, 4.69) is 21.7 Å². The minimum absolute atomic E-state index is 0.0689. The van der Waals surface area contributed by atoms with Crippen molar-refractivity contribution in [2.75, 3.05) is 10.6 Å². The van der Waals surface area contributed by atoms with Gasteiger partial charge in [-0.2, -0.15) is 5.26 Å². The van der Waals surface area contributed by atoms with E-state index in [0.717, 1.165) is 22.2 Å². The molecule has 0 radical (unpaired) electrons. The SMILES string of the molecule is Cc1cccc(Cl)c1NC(=O)c1ccc2nc(NC(=O)[C@@H]3C[C@H]3c3ccc(C#N)cc3)sc2c1. The normalized spacial score (nSPS) is 16.6. The van der Waals surface area contributed by atoms with Gasteiger partial charge in [0, 0.05) is 11.5 Å². The number of rotatable bonds is 5. The van der Waals surface area contributed by atoms with Gasteiger partial charge in [-0.25, -0.2) is 4.98 Å². The summed E-state index contributed by atoms with van der Waals surface area (Å²) >= 11 is 7.56. The Morgan fingerprint density at radius 3 is 2.65 bits per heavy atom. The second-order valence-electron chi connectivity index (χ2n) is 8.26. The number of carbonyl (C=O) groups excluding carboxylic acids is 2. The minimum atomic E-state index is -0.264. The number of hydrogen-bond acceptors (Lipinski definition) is 5. The molecule has 1 fully saturated rings. The monoisotopic (exact) mass is 486 g/mol. The summed E-state index contributed by atoms with van der Waals surface area (Å²) in [7, 11) is 0. The van der Waals surface area contributed by atoms with Gasteiger partial charge >= 0.3 is 0 Å². The number of halogens is 1. The second-order valence-corrected chi connectivity index (χ2v) is 9.70. The molecule has 0 saturated heterocycles. The molecule has 0 aliphatic heterocycles. The summed E-state index contributed by atoms with van der Waals surface area (Å²) < 4.78 is 0.804. The molecule has 1 saturated carbocycles. The number of carbonyl (C=O) groups is 2. The number of aromatic nitrogens is 1. The largest absolute Gasteiger partial charge is 0.320 e. The smallest absolute Gasteiger partial charge is 0.255 e. The lowest BCUT2D eigenvalue weighted by atomic mass is 10.1. The molecule has 34 heavy (non-hydrogen) atoms. The fourth-order valence-corrected chi connectivity index (χ4v) is 5.13. The molecule has 1 aliphatic carbocycles. The first-order chi connectivity index (χ1) is 16.4. The number of anilines is 2. The maximum atomic E-state index is 12.8. The first kappa shape index (κ1) is 22.1. The number of para-hydroxylation sites is 1. The summed E-state index contributed by atoms with van der Waals surface area (Å²) in [4.78, 5) is 30.0. The maximum Gasteiger partial charge on any atom is 0.255 e. The van der Waals surface area contributed by atoms with Crippen molar-refractivity contribution in [3.8, 4) is 6.07 Å². The summed E-state index contributed by atoms with van der Waals surface area (Å²) in [5.41, 5.74) is 4.33. The Hall–Kier alpha value is -3.73.